The lowest BCUT2D eigenvalue weighted by Gasteiger charge is -2.03. The molecule has 0 saturated heterocycles. The Morgan fingerprint density at radius 2 is 2.21 bits per heavy atom. The van der Waals surface area contributed by atoms with Gasteiger partial charge in [-0.1, -0.05) is 18.2 Å². The first-order chi connectivity index (χ1) is 9.28. The van der Waals surface area contributed by atoms with Crippen molar-refractivity contribution in [1.29, 1.82) is 0 Å². The van der Waals surface area contributed by atoms with Gasteiger partial charge in [0.2, 0.25) is 0 Å². The fraction of sp³-hybridized carbons (Fsp3) is 0.214. The molecular formula is C14H15N3OS. The van der Waals surface area contributed by atoms with Gasteiger partial charge in [0.1, 0.15) is 0 Å². The summed E-state index contributed by atoms with van der Waals surface area (Å²) in [7, 11) is 0. The van der Waals surface area contributed by atoms with Crippen LogP contribution in [0.1, 0.15) is 5.01 Å². The van der Waals surface area contributed by atoms with Gasteiger partial charge in [0.25, 0.3) is 0 Å². The summed E-state index contributed by atoms with van der Waals surface area (Å²) in [4.78, 5) is 7.82. The van der Waals surface area contributed by atoms with Gasteiger partial charge in [-0.05, 0) is 6.07 Å². The van der Waals surface area contributed by atoms with Gasteiger partial charge in [0, 0.05) is 41.0 Å². The van der Waals surface area contributed by atoms with Crippen LogP contribution in [-0.2, 0) is 6.42 Å². The van der Waals surface area contributed by atoms with E-state index in [2.05, 4.69) is 16.0 Å². The topological polar surface area (TPSA) is 74.9 Å². The molecule has 4 N–H and O–H groups in total. The largest absolute Gasteiger partial charge is 0.391 e. The van der Waals surface area contributed by atoms with Crippen LogP contribution in [0.5, 0.6) is 0 Å². The number of rotatable bonds is 4. The van der Waals surface area contributed by atoms with E-state index in [-0.39, 0.29) is 6.54 Å². The molecule has 5 heteroatoms. The molecule has 0 amide bonds. The Balaban J connectivity index is 1.94. The highest BCUT2D eigenvalue weighted by atomic mass is 32.1. The van der Waals surface area contributed by atoms with E-state index in [9.17, 15) is 5.11 Å². The molecule has 4 nitrogen and oxygen atoms in total. The molecule has 2 heterocycles. The zero-order chi connectivity index (χ0) is 13.2. The minimum Gasteiger partial charge on any atom is -0.391 e. The summed E-state index contributed by atoms with van der Waals surface area (Å²) in [5.41, 5.74) is 8.57. The monoisotopic (exact) mass is 273 g/mol. The number of nitrogens with two attached hydrogens (primary N) is 1. The predicted molar refractivity (Wildman–Crippen MR) is 78.2 cm³/mol. The Morgan fingerprint density at radius 1 is 1.37 bits per heavy atom. The van der Waals surface area contributed by atoms with Crippen LogP contribution in [0.4, 0.5) is 0 Å². The van der Waals surface area contributed by atoms with E-state index in [1.54, 1.807) is 11.3 Å². The van der Waals surface area contributed by atoms with Crippen LogP contribution >= 0.6 is 11.3 Å². The average molecular weight is 273 g/mol. The Kier molecular flexibility index (Phi) is 3.33. The number of para-hydroxylation sites is 1. The highest BCUT2D eigenvalue weighted by Gasteiger charge is 2.11. The molecule has 1 atom stereocenters. The normalized spacial score (nSPS) is 12.9. The SMILES string of the molecule is NCC(O)Cc1nc(-c2c[nH]c3ccccc23)cs1. The van der Waals surface area contributed by atoms with Crippen molar-refractivity contribution in [3.8, 4) is 11.3 Å². The third-order valence-electron chi connectivity index (χ3n) is 3.10. The zero-order valence-electron chi connectivity index (χ0n) is 10.3. The second-order valence-corrected chi connectivity index (χ2v) is 5.41. The summed E-state index contributed by atoms with van der Waals surface area (Å²) >= 11 is 1.56. The molecule has 0 saturated carbocycles. The number of aliphatic hydroxyl groups excluding tert-OH is 1. The lowest BCUT2D eigenvalue weighted by Crippen LogP contribution is -2.21. The van der Waals surface area contributed by atoms with E-state index in [4.69, 9.17) is 5.73 Å². The first-order valence-electron chi connectivity index (χ1n) is 6.17. The van der Waals surface area contributed by atoms with Crippen LogP contribution in [0.2, 0.25) is 0 Å². The van der Waals surface area contributed by atoms with Gasteiger partial charge in [0.15, 0.2) is 0 Å². The summed E-state index contributed by atoms with van der Waals surface area (Å²) in [5, 5.41) is 13.7. The van der Waals surface area contributed by atoms with Crippen LogP contribution in [0, 0.1) is 0 Å². The highest BCUT2D eigenvalue weighted by molar-refractivity contribution is 7.10. The Labute approximate surface area is 114 Å². The Hall–Kier alpha value is -1.69. The number of aromatic nitrogens is 2. The molecule has 1 aromatic carbocycles. The summed E-state index contributed by atoms with van der Waals surface area (Å²) in [6.45, 7) is 0.266. The molecule has 0 bridgehead atoms. The van der Waals surface area contributed by atoms with Gasteiger partial charge >= 0.3 is 0 Å². The maximum atomic E-state index is 9.56. The number of aromatic amines is 1. The van der Waals surface area contributed by atoms with E-state index >= 15 is 0 Å². The Morgan fingerprint density at radius 3 is 3.05 bits per heavy atom. The van der Waals surface area contributed by atoms with Crippen molar-refractivity contribution in [3.63, 3.8) is 0 Å². The standard InChI is InChI=1S/C14H15N3OS/c15-6-9(18)5-14-17-13(8-19-14)11-7-16-12-4-2-1-3-10(11)12/h1-4,7-9,16,18H,5-6,15H2. The molecule has 19 heavy (non-hydrogen) atoms. The van der Waals surface area contributed by atoms with Crippen molar-refractivity contribution in [2.24, 2.45) is 5.73 Å². The highest BCUT2D eigenvalue weighted by Crippen LogP contribution is 2.29. The average Bonchev–Trinajstić information content (AvgIpc) is 3.04. The predicted octanol–water partition coefficient (Wildman–Crippen LogP) is 2.15. The molecule has 3 rings (SSSR count). The van der Waals surface area contributed by atoms with E-state index in [1.807, 2.05) is 29.8 Å². The number of H-pyrrole nitrogens is 1. The molecule has 0 aliphatic rings. The first kappa shape index (κ1) is 12.3. The molecule has 98 valence electrons. The van der Waals surface area contributed by atoms with Gasteiger partial charge in [-0.2, -0.15) is 0 Å². The van der Waals surface area contributed by atoms with Crippen molar-refractivity contribution in [1.82, 2.24) is 9.97 Å². The van der Waals surface area contributed by atoms with Crippen molar-refractivity contribution < 1.29 is 5.11 Å². The third-order valence-corrected chi connectivity index (χ3v) is 3.97. The first-order valence-corrected chi connectivity index (χ1v) is 7.05. The van der Waals surface area contributed by atoms with Gasteiger partial charge in [0.05, 0.1) is 16.8 Å². The van der Waals surface area contributed by atoms with Crippen LogP contribution in [0.25, 0.3) is 22.2 Å². The number of thiazole rings is 1. The second kappa shape index (κ2) is 5.13. The molecule has 0 spiro atoms. The van der Waals surface area contributed by atoms with Gasteiger partial charge in [-0.25, -0.2) is 4.98 Å². The lowest BCUT2D eigenvalue weighted by atomic mass is 10.1. The molecule has 0 radical (unpaired) electrons. The quantitative estimate of drug-likeness (QED) is 0.682. The smallest absolute Gasteiger partial charge is 0.0958 e. The zero-order valence-corrected chi connectivity index (χ0v) is 11.2. The minimum atomic E-state index is -0.512. The van der Waals surface area contributed by atoms with Crippen LogP contribution in [-0.4, -0.2) is 27.7 Å². The van der Waals surface area contributed by atoms with E-state index in [0.29, 0.717) is 6.42 Å². The molecule has 0 aliphatic carbocycles. The maximum absolute atomic E-state index is 9.56. The molecule has 0 fully saturated rings. The van der Waals surface area contributed by atoms with Gasteiger partial charge < -0.3 is 15.8 Å². The fourth-order valence-electron chi connectivity index (χ4n) is 2.10. The summed E-state index contributed by atoms with van der Waals surface area (Å²) < 4.78 is 0. The van der Waals surface area contributed by atoms with E-state index < -0.39 is 6.10 Å². The maximum Gasteiger partial charge on any atom is 0.0958 e. The number of nitrogens with zero attached hydrogens (tertiary/aromatic N) is 1. The molecular weight excluding hydrogens is 258 g/mol. The summed E-state index contributed by atoms with van der Waals surface area (Å²) in [6, 6.07) is 8.15. The minimum absolute atomic E-state index is 0.266. The number of fused-ring (bicyclic) bond motifs is 1. The van der Waals surface area contributed by atoms with E-state index in [1.165, 1.54) is 5.39 Å². The second-order valence-electron chi connectivity index (χ2n) is 4.47. The van der Waals surface area contributed by atoms with Gasteiger partial charge in [-0.3, -0.25) is 0 Å². The van der Waals surface area contributed by atoms with Crippen LogP contribution in [0.3, 0.4) is 0 Å². The molecule has 0 aliphatic heterocycles. The number of hydrogen-bond donors (Lipinski definition) is 3. The third kappa shape index (κ3) is 2.40. The summed E-state index contributed by atoms with van der Waals surface area (Å²) in [5.74, 6) is 0. The fourth-order valence-corrected chi connectivity index (χ4v) is 2.96. The summed E-state index contributed by atoms with van der Waals surface area (Å²) in [6.07, 6.45) is 1.98. The Bertz CT molecular complexity index is 689. The number of benzene rings is 1. The van der Waals surface area contributed by atoms with Crippen molar-refractivity contribution >= 4 is 22.2 Å². The van der Waals surface area contributed by atoms with Crippen molar-refractivity contribution in [2.75, 3.05) is 6.54 Å². The number of hydrogen-bond acceptors (Lipinski definition) is 4. The van der Waals surface area contributed by atoms with Gasteiger partial charge in [-0.15, -0.1) is 11.3 Å². The lowest BCUT2D eigenvalue weighted by molar-refractivity contribution is 0.183. The van der Waals surface area contributed by atoms with Crippen LogP contribution < -0.4 is 5.73 Å². The van der Waals surface area contributed by atoms with E-state index in [0.717, 1.165) is 21.8 Å². The molecule has 2 aromatic heterocycles. The van der Waals surface area contributed by atoms with Crippen molar-refractivity contribution in [3.05, 3.63) is 40.8 Å². The van der Waals surface area contributed by atoms with Crippen molar-refractivity contribution in [2.45, 2.75) is 12.5 Å². The van der Waals surface area contributed by atoms with Crippen LogP contribution in [0.15, 0.2) is 35.8 Å². The molecule has 3 aromatic rings. The molecule has 1 unspecified atom stereocenters. The number of aliphatic hydroxyl groups is 1. The number of nitrogens with one attached hydrogen (secondary N) is 1.